The molecular formula is C25H25BrF2N2O4. The lowest BCUT2D eigenvalue weighted by Crippen LogP contribution is -2.41. The Morgan fingerprint density at radius 1 is 1.15 bits per heavy atom. The summed E-state index contributed by atoms with van der Waals surface area (Å²) in [6.45, 7) is 4.94. The van der Waals surface area contributed by atoms with Gasteiger partial charge in [-0.15, -0.1) is 0 Å². The van der Waals surface area contributed by atoms with Gasteiger partial charge in [-0.2, -0.15) is 0 Å². The van der Waals surface area contributed by atoms with Crippen LogP contribution in [0.3, 0.4) is 0 Å². The first-order valence-corrected chi connectivity index (χ1v) is 11.3. The number of nitrogens with zero attached hydrogens (tertiary/aromatic N) is 1. The molecule has 1 amide bonds. The lowest BCUT2D eigenvalue weighted by Gasteiger charge is -2.17. The molecule has 0 fully saturated rings. The Labute approximate surface area is 204 Å². The molecule has 3 rings (SSSR count). The van der Waals surface area contributed by atoms with Crippen LogP contribution >= 0.6 is 15.9 Å². The highest BCUT2D eigenvalue weighted by atomic mass is 79.9. The third-order valence-electron chi connectivity index (χ3n) is 5.15. The normalized spacial score (nSPS) is 11.4. The summed E-state index contributed by atoms with van der Waals surface area (Å²) in [4.78, 5) is 24.9. The number of amides is 1. The molecule has 0 aliphatic carbocycles. The Bertz CT molecular complexity index is 1270. The van der Waals surface area contributed by atoms with Crippen LogP contribution in [0.4, 0.5) is 8.78 Å². The topological polar surface area (TPSA) is 80.6 Å². The first-order valence-electron chi connectivity index (χ1n) is 10.5. The number of aryl methyl sites for hydroxylation is 1. The number of hydrogen-bond donors (Lipinski definition) is 2. The van der Waals surface area contributed by atoms with Crippen molar-refractivity contribution in [1.29, 1.82) is 0 Å². The second-order valence-electron chi connectivity index (χ2n) is 8.44. The number of nitrogens with one attached hydrogen (secondary N) is 1. The Balaban J connectivity index is 1.75. The van der Waals surface area contributed by atoms with E-state index in [0.29, 0.717) is 5.69 Å². The quantitative estimate of drug-likeness (QED) is 0.453. The Morgan fingerprint density at radius 2 is 1.85 bits per heavy atom. The number of aliphatic hydroxyl groups is 1. The third-order valence-corrected chi connectivity index (χ3v) is 5.88. The van der Waals surface area contributed by atoms with Crippen molar-refractivity contribution in [1.82, 2.24) is 9.88 Å². The van der Waals surface area contributed by atoms with E-state index >= 15 is 0 Å². The van der Waals surface area contributed by atoms with Gasteiger partial charge in [-0.25, -0.2) is 8.78 Å². The molecule has 0 atom stereocenters. The largest absolute Gasteiger partial charge is 0.487 e. The lowest BCUT2D eigenvalue weighted by molar-refractivity contribution is -0.136. The number of halogens is 3. The fourth-order valence-corrected chi connectivity index (χ4v) is 3.67. The molecule has 0 unspecified atom stereocenters. The number of ether oxygens (including phenoxy) is 1. The van der Waals surface area contributed by atoms with E-state index in [9.17, 15) is 23.5 Å². The number of hydrogen-bond acceptors (Lipinski definition) is 4. The Kier molecular flexibility index (Phi) is 7.89. The van der Waals surface area contributed by atoms with Crippen molar-refractivity contribution in [3.05, 3.63) is 97.4 Å². The monoisotopic (exact) mass is 534 g/mol. The molecule has 0 aliphatic rings. The minimum absolute atomic E-state index is 0.161. The number of carbonyl (C=O) groups excluding carboxylic acids is 1. The predicted molar refractivity (Wildman–Crippen MR) is 128 cm³/mol. The second kappa shape index (κ2) is 10.5. The molecule has 1 heterocycles. The first kappa shape index (κ1) is 25.6. The highest BCUT2D eigenvalue weighted by Crippen LogP contribution is 2.24. The molecule has 6 nitrogen and oxygen atoms in total. The Hall–Kier alpha value is -3.04. The summed E-state index contributed by atoms with van der Waals surface area (Å²) in [6.07, 6.45) is 0. The van der Waals surface area contributed by atoms with Gasteiger partial charge in [0, 0.05) is 29.9 Å². The zero-order valence-electron chi connectivity index (χ0n) is 19.0. The molecule has 1 aromatic heterocycles. The van der Waals surface area contributed by atoms with Crippen LogP contribution < -0.4 is 15.6 Å². The molecule has 0 spiro atoms. The SMILES string of the molecule is Cc1cc(OCc2ccc(F)cc2F)c(Br)c(=O)n1Cc1cccc(CNC(=O)C(C)(C)O)c1. The van der Waals surface area contributed by atoms with Gasteiger partial charge in [-0.3, -0.25) is 9.59 Å². The van der Waals surface area contributed by atoms with E-state index in [4.69, 9.17) is 4.74 Å². The lowest BCUT2D eigenvalue weighted by atomic mass is 10.1. The second-order valence-corrected chi connectivity index (χ2v) is 9.23. The number of benzene rings is 2. The Morgan fingerprint density at radius 3 is 2.53 bits per heavy atom. The molecule has 0 aliphatic heterocycles. The molecule has 2 N–H and O–H groups in total. The van der Waals surface area contributed by atoms with Crippen LogP contribution in [0, 0.1) is 18.6 Å². The first-order chi connectivity index (χ1) is 16.0. The highest BCUT2D eigenvalue weighted by molar-refractivity contribution is 9.10. The summed E-state index contributed by atoms with van der Waals surface area (Å²) in [5, 5.41) is 12.4. The number of rotatable bonds is 8. The standard InChI is InChI=1S/C25H25BrF2N2O4/c1-15-9-21(34-14-18-7-8-19(27)11-20(18)28)22(26)23(31)30(15)13-17-6-4-5-16(10-17)12-29-24(32)25(2,3)33/h4-11,33H,12-14H2,1-3H3,(H,29,32). The fourth-order valence-electron chi connectivity index (χ4n) is 3.23. The molecule has 2 aromatic carbocycles. The summed E-state index contributed by atoms with van der Waals surface area (Å²) in [7, 11) is 0. The van der Waals surface area contributed by atoms with Crippen molar-refractivity contribution in [3.8, 4) is 5.75 Å². The number of carbonyl (C=O) groups is 1. The maximum Gasteiger partial charge on any atom is 0.269 e. The maximum absolute atomic E-state index is 13.9. The summed E-state index contributed by atoms with van der Waals surface area (Å²) in [5.41, 5.74) is 0.665. The van der Waals surface area contributed by atoms with E-state index in [2.05, 4.69) is 21.2 Å². The van der Waals surface area contributed by atoms with Gasteiger partial charge in [0.1, 0.15) is 34.1 Å². The van der Waals surface area contributed by atoms with Crippen LogP contribution in [-0.4, -0.2) is 21.2 Å². The molecule has 0 bridgehead atoms. The van der Waals surface area contributed by atoms with Gasteiger partial charge in [-0.05, 0) is 60.0 Å². The zero-order valence-corrected chi connectivity index (χ0v) is 20.6. The van der Waals surface area contributed by atoms with Crippen molar-refractivity contribution in [2.24, 2.45) is 0 Å². The average Bonchev–Trinajstić information content (AvgIpc) is 2.77. The van der Waals surface area contributed by atoms with Gasteiger partial charge < -0.3 is 19.7 Å². The van der Waals surface area contributed by atoms with Crippen LogP contribution in [0.15, 0.2) is 57.8 Å². The molecule has 0 saturated carbocycles. The van der Waals surface area contributed by atoms with Crippen molar-refractivity contribution >= 4 is 21.8 Å². The van der Waals surface area contributed by atoms with Crippen LogP contribution in [0.2, 0.25) is 0 Å². The predicted octanol–water partition coefficient (Wildman–Crippen LogP) is 4.21. The maximum atomic E-state index is 13.9. The van der Waals surface area contributed by atoms with E-state index in [-0.39, 0.29) is 41.0 Å². The molecule has 3 aromatic rings. The summed E-state index contributed by atoms with van der Waals surface area (Å²) < 4.78 is 34.3. The van der Waals surface area contributed by atoms with Crippen molar-refractivity contribution in [2.75, 3.05) is 0 Å². The summed E-state index contributed by atoms with van der Waals surface area (Å²) in [6, 6.07) is 12.3. The van der Waals surface area contributed by atoms with E-state index in [0.717, 1.165) is 23.3 Å². The van der Waals surface area contributed by atoms with Gasteiger partial charge in [0.25, 0.3) is 11.5 Å². The number of pyridine rings is 1. The summed E-state index contributed by atoms with van der Waals surface area (Å²) >= 11 is 3.27. The fraction of sp³-hybridized carbons (Fsp3) is 0.280. The molecular weight excluding hydrogens is 510 g/mol. The molecule has 0 saturated heterocycles. The van der Waals surface area contributed by atoms with Gasteiger partial charge in [-0.1, -0.05) is 24.3 Å². The van der Waals surface area contributed by atoms with Gasteiger partial charge in [0.05, 0.1) is 6.54 Å². The van der Waals surface area contributed by atoms with Crippen LogP contribution in [0.1, 0.15) is 36.2 Å². The average molecular weight is 535 g/mol. The molecule has 0 radical (unpaired) electrons. The third kappa shape index (κ3) is 6.30. The van der Waals surface area contributed by atoms with Crippen LogP contribution in [0.25, 0.3) is 0 Å². The van der Waals surface area contributed by atoms with Crippen molar-refractivity contribution in [3.63, 3.8) is 0 Å². The van der Waals surface area contributed by atoms with Gasteiger partial charge in [0.2, 0.25) is 0 Å². The van der Waals surface area contributed by atoms with E-state index in [1.54, 1.807) is 17.6 Å². The molecule has 34 heavy (non-hydrogen) atoms. The van der Waals surface area contributed by atoms with E-state index in [1.165, 1.54) is 19.9 Å². The van der Waals surface area contributed by atoms with Gasteiger partial charge >= 0.3 is 0 Å². The molecule has 9 heteroatoms. The minimum atomic E-state index is -1.47. The summed E-state index contributed by atoms with van der Waals surface area (Å²) in [5.74, 6) is -1.63. The highest BCUT2D eigenvalue weighted by Gasteiger charge is 2.23. The van der Waals surface area contributed by atoms with E-state index < -0.39 is 23.1 Å². The smallest absolute Gasteiger partial charge is 0.269 e. The van der Waals surface area contributed by atoms with Crippen molar-refractivity contribution < 1.29 is 23.4 Å². The number of aromatic nitrogens is 1. The minimum Gasteiger partial charge on any atom is -0.487 e. The van der Waals surface area contributed by atoms with E-state index in [1.807, 2.05) is 24.3 Å². The zero-order chi connectivity index (χ0) is 25.0. The van der Waals surface area contributed by atoms with Gasteiger partial charge in [0.15, 0.2) is 0 Å². The van der Waals surface area contributed by atoms with Crippen LogP contribution in [-0.2, 0) is 24.5 Å². The molecule has 180 valence electrons. The van der Waals surface area contributed by atoms with Crippen molar-refractivity contribution in [2.45, 2.75) is 46.1 Å². The van der Waals surface area contributed by atoms with Crippen LogP contribution in [0.5, 0.6) is 5.75 Å².